The van der Waals surface area contributed by atoms with Gasteiger partial charge in [-0.3, -0.25) is 0 Å². The molecule has 4 N–H and O–H groups in total. The molecule has 9 heteroatoms. The Morgan fingerprint density at radius 3 is 2.74 bits per heavy atom. The van der Waals surface area contributed by atoms with Crippen LogP contribution in [0.2, 0.25) is 0 Å². The molecule has 5 atom stereocenters. The minimum absolute atomic E-state index is 0.0579. The Kier molecular flexibility index (Phi) is 5.02. The number of carbonyl (C=O) groups excluding carboxylic acids is 1. The lowest BCUT2D eigenvalue weighted by Gasteiger charge is -2.56. The number of urea groups is 1. The van der Waals surface area contributed by atoms with Crippen LogP contribution in [0.15, 0.2) is 29.6 Å². The number of thiazole rings is 1. The molecule has 178 valence electrons. The van der Waals surface area contributed by atoms with Gasteiger partial charge in [0.1, 0.15) is 0 Å². The van der Waals surface area contributed by atoms with Gasteiger partial charge in [-0.1, -0.05) is 31.3 Å². The zero-order chi connectivity index (χ0) is 23.5. The van der Waals surface area contributed by atoms with Crippen LogP contribution in [-0.4, -0.2) is 26.7 Å². The molecule has 0 saturated heterocycles. The van der Waals surface area contributed by atoms with Gasteiger partial charge in [-0.15, -0.1) is 0 Å². The molecule has 34 heavy (non-hydrogen) atoms. The van der Waals surface area contributed by atoms with Crippen molar-refractivity contribution < 1.29 is 4.79 Å². The molecule has 0 radical (unpaired) electrons. The van der Waals surface area contributed by atoms with Crippen molar-refractivity contribution in [2.24, 2.45) is 39.4 Å². The zero-order valence-electron chi connectivity index (χ0n) is 19.7. The highest BCUT2D eigenvalue weighted by atomic mass is 32.1. The monoisotopic (exact) mass is 477 g/mol. The Morgan fingerprint density at radius 2 is 1.94 bits per heavy atom. The molecule has 0 unspecified atom stereocenters. The number of nitrogens with zero attached hydrogens (tertiary/aromatic N) is 4. The molecule has 2 aromatic heterocycles. The summed E-state index contributed by atoms with van der Waals surface area (Å²) in [5.74, 6) is 2.51. The fourth-order valence-electron chi connectivity index (χ4n) is 7.48. The molecule has 0 spiro atoms. The molecule has 2 amide bonds. The van der Waals surface area contributed by atoms with Crippen molar-refractivity contribution in [3.05, 3.63) is 35.1 Å². The van der Waals surface area contributed by atoms with Crippen LogP contribution in [0.5, 0.6) is 0 Å². The molecule has 6 rings (SSSR count). The highest BCUT2D eigenvalue weighted by Gasteiger charge is 2.58. The summed E-state index contributed by atoms with van der Waals surface area (Å²) in [7, 11) is 0. The van der Waals surface area contributed by atoms with Crippen LogP contribution in [0, 0.1) is 28.6 Å². The van der Waals surface area contributed by atoms with Crippen molar-refractivity contribution in [1.82, 2.24) is 20.4 Å². The fourth-order valence-corrected chi connectivity index (χ4v) is 8.67. The molecule has 2 heterocycles. The second-order valence-electron chi connectivity index (χ2n) is 10.7. The number of aryl methyl sites for hydroxylation is 1. The number of carbonyl (C=O) groups is 1. The van der Waals surface area contributed by atoms with Gasteiger partial charge in [-0.05, 0) is 79.8 Å². The Morgan fingerprint density at radius 1 is 1.15 bits per heavy atom. The minimum Gasteiger partial charge on any atom is -0.350 e. The molecule has 0 aromatic carbocycles. The lowest BCUT2D eigenvalue weighted by atomic mass is 9.48. The number of fused-ring (bicyclic) bond motifs is 7. The number of hydrogen-bond acceptors (Lipinski definition) is 7. The Labute approximate surface area is 203 Å². The highest BCUT2D eigenvalue weighted by Crippen LogP contribution is 2.65. The maximum absolute atomic E-state index is 11.2. The van der Waals surface area contributed by atoms with Crippen LogP contribution < -0.4 is 16.5 Å². The van der Waals surface area contributed by atoms with Gasteiger partial charge in [0.15, 0.2) is 5.13 Å². The normalized spacial score (nSPS) is 34.9. The number of hydrogen-bond donors (Lipinski definition) is 3. The SMILES string of the molecule is C[C@]12CCc3nc(Nc4ncccn4)sc3C1=CC[C@@H]1[C@@H]2CC[C@]2(C)/C(=N/NC(N)=O)CC[C@@H]12. The molecule has 2 fully saturated rings. The standard InChI is InChI=1S/C25H31N7OS/c1-24-11-9-18-20(34-23(29-18)30-22-27-12-3-13-28-22)17(24)5-4-14-15-6-7-19(31-32-21(26)33)25(15,2)10-8-16(14)24/h3,5,12-16H,4,6-11H2,1-2H3,(H3,26,32,33)(H,27,28,29,30)/b31-19+/t14-,15-,16-,24+,25-/m0/s1. The first-order chi connectivity index (χ1) is 16.4. The van der Waals surface area contributed by atoms with E-state index in [0.717, 1.165) is 49.4 Å². The van der Waals surface area contributed by atoms with E-state index in [1.165, 1.54) is 22.6 Å². The van der Waals surface area contributed by atoms with E-state index in [9.17, 15) is 4.79 Å². The lowest BCUT2D eigenvalue weighted by molar-refractivity contribution is 0.0116. The second kappa shape index (κ2) is 7.86. The lowest BCUT2D eigenvalue weighted by Crippen LogP contribution is -2.49. The minimum atomic E-state index is -0.582. The Balaban J connectivity index is 1.29. The van der Waals surface area contributed by atoms with Crippen LogP contribution >= 0.6 is 11.3 Å². The first-order valence-corrected chi connectivity index (χ1v) is 13.1. The number of nitrogens with one attached hydrogen (secondary N) is 2. The van der Waals surface area contributed by atoms with Crippen LogP contribution in [0.4, 0.5) is 15.9 Å². The average molecular weight is 478 g/mol. The third kappa shape index (κ3) is 3.27. The van der Waals surface area contributed by atoms with E-state index >= 15 is 0 Å². The van der Waals surface area contributed by atoms with E-state index in [1.807, 2.05) is 6.07 Å². The van der Waals surface area contributed by atoms with Gasteiger partial charge in [0.2, 0.25) is 5.95 Å². The number of rotatable bonds is 3. The van der Waals surface area contributed by atoms with Gasteiger partial charge in [0.25, 0.3) is 0 Å². The Bertz CT molecular complexity index is 1190. The van der Waals surface area contributed by atoms with E-state index in [0.29, 0.717) is 23.7 Å². The average Bonchev–Trinajstić information content (AvgIpc) is 3.38. The van der Waals surface area contributed by atoms with E-state index in [1.54, 1.807) is 23.7 Å². The summed E-state index contributed by atoms with van der Waals surface area (Å²) in [4.78, 5) is 26.1. The summed E-state index contributed by atoms with van der Waals surface area (Å²) >= 11 is 1.74. The summed E-state index contributed by atoms with van der Waals surface area (Å²) in [6, 6.07) is 1.23. The number of hydrazone groups is 1. The molecule has 8 nitrogen and oxygen atoms in total. The molecule has 4 aliphatic rings. The van der Waals surface area contributed by atoms with E-state index in [-0.39, 0.29) is 10.8 Å². The van der Waals surface area contributed by atoms with Gasteiger partial charge >= 0.3 is 6.03 Å². The number of nitrogens with two attached hydrogens (primary N) is 1. The molecule has 0 bridgehead atoms. The molecule has 4 aliphatic carbocycles. The van der Waals surface area contributed by atoms with E-state index in [4.69, 9.17) is 10.7 Å². The maximum Gasteiger partial charge on any atom is 0.332 e. The summed E-state index contributed by atoms with van der Waals surface area (Å²) in [6.45, 7) is 4.85. The number of primary amides is 1. The zero-order valence-corrected chi connectivity index (χ0v) is 20.5. The van der Waals surface area contributed by atoms with Crippen molar-refractivity contribution in [2.75, 3.05) is 5.32 Å². The van der Waals surface area contributed by atoms with Crippen LogP contribution in [0.25, 0.3) is 5.57 Å². The predicted molar refractivity (Wildman–Crippen MR) is 134 cm³/mol. The first kappa shape index (κ1) is 21.7. The third-order valence-electron chi connectivity index (χ3n) is 9.11. The quantitative estimate of drug-likeness (QED) is 0.544. The highest BCUT2D eigenvalue weighted by molar-refractivity contribution is 7.16. The molecule has 2 aromatic rings. The maximum atomic E-state index is 11.2. The number of anilines is 2. The van der Waals surface area contributed by atoms with Crippen molar-refractivity contribution in [2.45, 2.75) is 58.8 Å². The van der Waals surface area contributed by atoms with Gasteiger partial charge in [0, 0.05) is 23.5 Å². The van der Waals surface area contributed by atoms with Gasteiger partial charge < -0.3 is 11.1 Å². The fraction of sp³-hybridized carbons (Fsp3) is 0.560. The topological polar surface area (TPSA) is 118 Å². The molecule has 2 saturated carbocycles. The molecule has 0 aliphatic heterocycles. The summed E-state index contributed by atoms with van der Waals surface area (Å²) in [6.07, 6.45) is 13.7. The van der Waals surface area contributed by atoms with Crippen molar-refractivity contribution in [1.29, 1.82) is 0 Å². The summed E-state index contributed by atoms with van der Waals surface area (Å²) < 4.78 is 0. The van der Waals surface area contributed by atoms with Crippen molar-refractivity contribution in [3.63, 3.8) is 0 Å². The molecular weight excluding hydrogens is 446 g/mol. The van der Waals surface area contributed by atoms with Gasteiger partial charge in [-0.2, -0.15) is 5.10 Å². The number of aromatic nitrogens is 3. The van der Waals surface area contributed by atoms with Crippen molar-refractivity contribution in [3.8, 4) is 0 Å². The summed E-state index contributed by atoms with van der Waals surface area (Å²) in [5.41, 5.74) is 11.8. The van der Waals surface area contributed by atoms with Crippen molar-refractivity contribution >= 4 is 39.7 Å². The van der Waals surface area contributed by atoms with Crippen LogP contribution in [0.3, 0.4) is 0 Å². The van der Waals surface area contributed by atoms with Gasteiger partial charge in [-0.25, -0.2) is 25.2 Å². The smallest absolute Gasteiger partial charge is 0.332 e. The van der Waals surface area contributed by atoms with Gasteiger partial charge in [0.05, 0.1) is 10.6 Å². The summed E-state index contributed by atoms with van der Waals surface area (Å²) in [5, 5.41) is 8.60. The third-order valence-corrected chi connectivity index (χ3v) is 10.2. The van der Waals surface area contributed by atoms with E-state index in [2.05, 4.69) is 45.7 Å². The molecular formula is C25H31N7OS. The number of allylic oxidation sites excluding steroid dienone is 2. The van der Waals surface area contributed by atoms with E-state index < -0.39 is 6.03 Å². The second-order valence-corrected chi connectivity index (χ2v) is 11.7. The van der Waals surface area contributed by atoms with Crippen LogP contribution in [-0.2, 0) is 6.42 Å². The van der Waals surface area contributed by atoms with Crippen LogP contribution in [0.1, 0.15) is 62.9 Å². The Hall–Kier alpha value is -2.81. The predicted octanol–water partition coefficient (Wildman–Crippen LogP) is 4.88. The number of amides is 2. The largest absolute Gasteiger partial charge is 0.350 e. The first-order valence-electron chi connectivity index (χ1n) is 12.3.